The average Bonchev–Trinajstić information content (AvgIpc) is 2.60. The lowest BCUT2D eigenvalue weighted by atomic mass is 9.81. The molecule has 0 fully saturated rings. The van der Waals surface area contributed by atoms with Crippen molar-refractivity contribution in [3.05, 3.63) is 60.2 Å². The van der Waals surface area contributed by atoms with E-state index in [2.05, 4.69) is 31.8 Å². The van der Waals surface area contributed by atoms with Gasteiger partial charge in [-0.05, 0) is 12.0 Å². The van der Waals surface area contributed by atoms with Crippen LogP contribution in [0, 0.1) is 5.41 Å². The predicted molar refractivity (Wildman–Crippen MR) is 112 cm³/mol. The molecule has 1 aliphatic rings. The maximum absolute atomic E-state index is 13.3. The summed E-state index contributed by atoms with van der Waals surface area (Å²) in [7, 11) is -1.48. The zero-order valence-corrected chi connectivity index (χ0v) is 17.9. The maximum atomic E-state index is 13.3. The number of nitrogens with zero attached hydrogens (tertiary/aromatic N) is 1. The molecule has 4 nitrogen and oxygen atoms in total. The molecule has 0 N–H and O–H groups in total. The summed E-state index contributed by atoms with van der Waals surface area (Å²) in [5.41, 5.74) is 0.586. The third-order valence-corrected chi connectivity index (χ3v) is 5.76. The molecule has 0 aromatic heterocycles. The van der Waals surface area contributed by atoms with Crippen molar-refractivity contribution in [1.82, 2.24) is 4.90 Å². The molecule has 2 rings (SSSR count). The molecule has 1 aliphatic carbocycles. The minimum atomic E-state index is -1.48. The summed E-state index contributed by atoms with van der Waals surface area (Å²) >= 11 is 0. The van der Waals surface area contributed by atoms with Gasteiger partial charge in [-0.15, -0.1) is 0 Å². The van der Waals surface area contributed by atoms with E-state index in [4.69, 9.17) is 4.74 Å². The van der Waals surface area contributed by atoms with E-state index in [9.17, 15) is 9.59 Å². The fourth-order valence-corrected chi connectivity index (χ4v) is 4.68. The number of ether oxygens (including phenoxy) is 1. The molecule has 1 aromatic carbocycles. The number of benzene rings is 1. The first kappa shape index (κ1) is 21.2. The number of rotatable bonds is 8. The van der Waals surface area contributed by atoms with Crippen LogP contribution < -0.4 is 0 Å². The Bertz CT molecular complexity index is 692. The van der Waals surface area contributed by atoms with E-state index in [1.54, 1.807) is 0 Å². The number of allylic oxidation sites excluding steroid dienone is 2. The first-order valence-electron chi connectivity index (χ1n) is 9.50. The number of hydrogen-bond acceptors (Lipinski definition) is 3. The fourth-order valence-electron chi connectivity index (χ4n) is 3.24. The van der Waals surface area contributed by atoms with Gasteiger partial charge in [0.25, 0.3) is 0 Å². The molecule has 0 spiro atoms. The van der Waals surface area contributed by atoms with Crippen molar-refractivity contribution in [2.45, 2.75) is 46.0 Å². The third-order valence-electron chi connectivity index (χ3n) is 4.43. The highest BCUT2D eigenvalue weighted by Crippen LogP contribution is 2.31. The molecule has 0 saturated heterocycles. The molecule has 146 valence electrons. The second-order valence-corrected chi connectivity index (χ2v) is 14.0. The smallest absolute Gasteiger partial charge is 0.302 e. The van der Waals surface area contributed by atoms with E-state index in [1.807, 2.05) is 47.4 Å². The van der Waals surface area contributed by atoms with Gasteiger partial charge in [-0.2, -0.15) is 0 Å². The molecule has 0 atom stereocenters. The van der Waals surface area contributed by atoms with E-state index in [1.165, 1.54) is 6.92 Å². The Kier molecular flexibility index (Phi) is 7.19. The van der Waals surface area contributed by atoms with E-state index < -0.39 is 13.5 Å². The summed E-state index contributed by atoms with van der Waals surface area (Å²) in [5.74, 6) is -0.220. The van der Waals surface area contributed by atoms with Crippen molar-refractivity contribution in [2.24, 2.45) is 5.41 Å². The first-order chi connectivity index (χ1) is 12.7. The van der Waals surface area contributed by atoms with Gasteiger partial charge >= 0.3 is 5.97 Å². The molecule has 0 heterocycles. The second-order valence-electron chi connectivity index (χ2n) is 8.53. The van der Waals surface area contributed by atoms with Crippen molar-refractivity contribution < 1.29 is 14.3 Å². The highest BCUT2D eigenvalue weighted by Gasteiger charge is 2.33. The van der Waals surface area contributed by atoms with E-state index in [0.29, 0.717) is 13.0 Å². The zero-order chi connectivity index (χ0) is 19.9. The Morgan fingerprint density at radius 3 is 2.30 bits per heavy atom. The van der Waals surface area contributed by atoms with Crippen LogP contribution in [0.25, 0.3) is 0 Å². The van der Waals surface area contributed by atoms with Crippen molar-refractivity contribution in [3.8, 4) is 0 Å². The normalized spacial score (nSPS) is 15.4. The third kappa shape index (κ3) is 7.17. The van der Waals surface area contributed by atoms with Gasteiger partial charge in [0.15, 0.2) is 0 Å². The van der Waals surface area contributed by atoms with Crippen LogP contribution in [0.15, 0.2) is 54.6 Å². The lowest BCUT2D eigenvalue weighted by molar-refractivity contribution is -0.145. The van der Waals surface area contributed by atoms with Crippen LogP contribution in [0.1, 0.15) is 25.3 Å². The predicted octanol–water partition coefficient (Wildman–Crippen LogP) is 4.35. The van der Waals surface area contributed by atoms with Crippen molar-refractivity contribution in [3.63, 3.8) is 0 Å². The summed E-state index contributed by atoms with van der Waals surface area (Å²) in [4.78, 5) is 26.6. The Balaban J connectivity index is 2.19. The van der Waals surface area contributed by atoms with Gasteiger partial charge in [0.05, 0.1) is 8.07 Å². The maximum Gasteiger partial charge on any atom is 0.302 e. The lowest BCUT2D eigenvalue weighted by Crippen LogP contribution is -2.45. The second kappa shape index (κ2) is 9.18. The number of carbonyl (C=O) groups excluding carboxylic acids is 2. The Morgan fingerprint density at radius 2 is 1.74 bits per heavy atom. The number of esters is 1. The molecule has 0 unspecified atom stereocenters. The van der Waals surface area contributed by atoms with Crippen molar-refractivity contribution in [1.29, 1.82) is 0 Å². The van der Waals surface area contributed by atoms with Crippen molar-refractivity contribution in [2.75, 3.05) is 12.8 Å². The topological polar surface area (TPSA) is 46.6 Å². The van der Waals surface area contributed by atoms with Crippen LogP contribution in [0.5, 0.6) is 0 Å². The largest absolute Gasteiger partial charge is 0.465 e. The molecule has 0 saturated carbocycles. The van der Waals surface area contributed by atoms with Gasteiger partial charge in [0, 0.05) is 31.5 Å². The Hall–Kier alpha value is -2.14. The lowest BCUT2D eigenvalue weighted by Gasteiger charge is -2.34. The quantitative estimate of drug-likeness (QED) is 0.380. The molecule has 0 radical (unpaired) electrons. The van der Waals surface area contributed by atoms with Gasteiger partial charge < -0.3 is 9.64 Å². The molecule has 1 aromatic rings. The summed E-state index contributed by atoms with van der Waals surface area (Å²) < 4.78 is 5.28. The van der Waals surface area contributed by atoms with Crippen LogP contribution in [0.3, 0.4) is 0 Å². The Labute approximate surface area is 163 Å². The highest BCUT2D eigenvalue weighted by atomic mass is 28.3. The zero-order valence-electron chi connectivity index (χ0n) is 16.9. The molecule has 27 heavy (non-hydrogen) atoms. The molecule has 0 bridgehead atoms. The number of amides is 1. The van der Waals surface area contributed by atoms with E-state index >= 15 is 0 Å². The standard InChI is InChI=1S/C22H31NO3Si/c1-19(24)26-17-22(13-9-6-10-14-22)15-21(25)23(18-27(2,3)4)16-20-11-7-5-8-12-20/h5,7-14H,6,15-18H2,1-4H3. The summed E-state index contributed by atoms with van der Waals surface area (Å²) in [6.07, 6.45) is 10.1. The van der Waals surface area contributed by atoms with Gasteiger partial charge in [-0.1, -0.05) is 74.3 Å². The van der Waals surface area contributed by atoms with E-state index in [-0.39, 0.29) is 18.5 Å². The summed E-state index contributed by atoms with van der Waals surface area (Å²) in [6.45, 7) is 9.03. The SMILES string of the molecule is CC(=O)OCC1(CC(=O)N(Cc2ccccc2)C[Si](C)(C)C)C=CCC=C1. The van der Waals surface area contributed by atoms with Gasteiger partial charge in [-0.25, -0.2) is 0 Å². The van der Waals surface area contributed by atoms with E-state index in [0.717, 1.165) is 18.2 Å². The van der Waals surface area contributed by atoms with Crippen LogP contribution >= 0.6 is 0 Å². The first-order valence-corrected chi connectivity index (χ1v) is 13.2. The monoisotopic (exact) mass is 385 g/mol. The minimum Gasteiger partial charge on any atom is -0.465 e. The van der Waals surface area contributed by atoms with Crippen LogP contribution in [-0.4, -0.2) is 37.6 Å². The fraction of sp³-hybridized carbons (Fsp3) is 0.455. The molecular weight excluding hydrogens is 354 g/mol. The van der Waals surface area contributed by atoms with Crippen molar-refractivity contribution >= 4 is 20.0 Å². The number of carbonyl (C=O) groups is 2. The molecular formula is C22H31NO3Si. The molecule has 0 aliphatic heterocycles. The number of hydrogen-bond donors (Lipinski definition) is 0. The van der Waals surface area contributed by atoms with Crippen LogP contribution in [-0.2, 0) is 20.9 Å². The van der Waals surface area contributed by atoms with Crippen LogP contribution in [0.4, 0.5) is 0 Å². The summed E-state index contributed by atoms with van der Waals surface area (Å²) in [6, 6.07) is 10.1. The van der Waals surface area contributed by atoms with Gasteiger partial charge in [0.1, 0.15) is 6.61 Å². The Morgan fingerprint density at radius 1 is 1.11 bits per heavy atom. The minimum absolute atomic E-state index is 0.102. The molecule has 1 amide bonds. The summed E-state index contributed by atoms with van der Waals surface area (Å²) in [5, 5.41) is 0. The van der Waals surface area contributed by atoms with Gasteiger partial charge in [0.2, 0.25) is 5.91 Å². The average molecular weight is 386 g/mol. The van der Waals surface area contributed by atoms with Crippen LogP contribution in [0.2, 0.25) is 19.6 Å². The van der Waals surface area contributed by atoms with Gasteiger partial charge in [-0.3, -0.25) is 9.59 Å². The highest BCUT2D eigenvalue weighted by molar-refractivity contribution is 6.76. The molecule has 5 heteroatoms.